The topological polar surface area (TPSA) is 59.1 Å². The summed E-state index contributed by atoms with van der Waals surface area (Å²) in [5, 5.41) is 2.94. The van der Waals surface area contributed by atoms with Gasteiger partial charge in [-0.05, 0) is 32.9 Å². The fourth-order valence-electron chi connectivity index (χ4n) is 4.12. The Morgan fingerprint density at radius 2 is 1.52 bits per heavy atom. The highest BCUT2D eigenvalue weighted by Gasteiger charge is 2.30. The molecule has 2 saturated heterocycles. The van der Waals surface area contributed by atoms with Crippen LogP contribution in [0.15, 0.2) is 30.3 Å². The highest BCUT2D eigenvalue weighted by atomic mass is 16.2. The molecule has 29 heavy (non-hydrogen) atoms. The van der Waals surface area contributed by atoms with Crippen molar-refractivity contribution in [2.45, 2.75) is 32.9 Å². The van der Waals surface area contributed by atoms with Crippen molar-refractivity contribution in [1.29, 1.82) is 0 Å². The second-order valence-electron chi connectivity index (χ2n) is 8.36. The molecule has 0 spiro atoms. The average molecular weight is 402 g/mol. The maximum Gasteiger partial charge on any atom is 0.239 e. The van der Waals surface area contributed by atoms with Crippen LogP contribution in [0.3, 0.4) is 0 Å². The quantitative estimate of drug-likeness (QED) is 0.766. The molecule has 160 valence electrons. The Morgan fingerprint density at radius 3 is 2.10 bits per heavy atom. The number of nitrogens with one attached hydrogen (secondary N) is 1. The first-order chi connectivity index (χ1) is 13.9. The molecular weight excluding hydrogens is 366 g/mol. The lowest BCUT2D eigenvalue weighted by molar-refractivity contribution is -0.137. The number of hydrogen-bond acceptors (Lipinski definition) is 5. The molecule has 2 heterocycles. The van der Waals surface area contributed by atoms with Gasteiger partial charge in [-0.15, -0.1) is 0 Å². The summed E-state index contributed by atoms with van der Waals surface area (Å²) in [5.74, 6) is 0.303. The molecule has 0 saturated carbocycles. The lowest BCUT2D eigenvalue weighted by Gasteiger charge is -2.41. The molecule has 0 bridgehead atoms. The lowest BCUT2D eigenvalue weighted by Crippen LogP contribution is -2.58. The van der Waals surface area contributed by atoms with Gasteiger partial charge >= 0.3 is 0 Å². The smallest absolute Gasteiger partial charge is 0.239 e. The average Bonchev–Trinajstić information content (AvgIpc) is 2.73. The van der Waals surface area contributed by atoms with Gasteiger partial charge in [-0.2, -0.15) is 0 Å². The SMILES string of the molecule is CC(C)NC(=O)CN1CCN(C(C)C(=O)N2CCN(c3ccccc3)CC2)CC1. The van der Waals surface area contributed by atoms with E-state index in [0.717, 1.165) is 52.4 Å². The third kappa shape index (κ3) is 5.93. The number of benzene rings is 1. The van der Waals surface area contributed by atoms with E-state index in [0.29, 0.717) is 6.54 Å². The van der Waals surface area contributed by atoms with Crippen LogP contribution in [0.5, 0.6) is 0 Å². The van der Waals surface area contributed by atoms with Crippen LogP contribution in [-0.4, -0.2) is 97.5 Å². The second-order valence-corrected chi connectivity index (χ2v) is 8.36. The maximum absolute atomic E-state index is 13.0. The van der Waals surface area contributed by atoms with Crippen LogP contribution < -0.4 is 10.2 Å². The lowest BCUT2D eigenvalue weighted by atomic mass is 10.1. The summed E-state index contributed by atoms with van der Waals surface area (Å²) in [7, 11) is 0. The fraction of sp³-hybridized carbons (Fsp3) is 0.636. The third-order valence-corrected chi connectivity index (χ3v) is 5.84. The molecule has 7 nitrogen and oxygen atoms in total. The summed E-state index contributed by atoms with van der Waals surface area (Å²) in [6.07, 6.45) is 0. The summed E-state index contributed by atoms with van der Waals surface area (Å²) in [6.45, 7) is 13.0. The van der Waals surface area contributed by atoms with E-state index >= 15 is 0 Å². The number of piperazine rings is 2. The van der Waals surface area contributed by atoms with Gasteiger partial charge in [0.2, 0.25) is 11.8 Å². The predicted octanol–water partition coefficient (Wildman–Crippen LogP) is 0.866. The maximum atomic E-state index is 13.0. The predicted molar refractivity (Wildman–Crippen MR) is 116 cm³/mol. The largest absolute Gasteiger partial charge is 0.368 e. The minimum absolute atomic E-state index is 0.0776. The number of carbonyl (C=O) groups is 2. The minimum atomic E-state index is -0.107. The second kappa shape index (κ2) is 10.1. The number of carbonyl (C=O) groups excluding carboxylic acids is 2. The van der Waals surface area contributed by atoms with Gasteiger partial charge in [0.05, 0.1) is 12.6 Å². The number of anilines is 1. The molecule has 1 unspecified atom stereocenters. The number of hydrogen-bond donors (Lipinski definition) is 1. The van der Waals surface area contributed by atoms with Crippen molar-refractivity contribution in [2.75, 3.05) is 63.8 Å². The van der Waals surface area contributed by atoms with Crippen molar-refractivity contribution in [3.05, 3.63) is 30.3 Å². The van der Waals surface area contributed by atoms with Gasteiger partial charge < -0.3 is 15.1 Å². The van der Waals surface area contributed by atoms with Crippen LogP contribution in [0.4, 0.5) is 5.69 Å². The van der Waals surface area contributed by atoms with E-state index in [-0.39, 0.29) is 23.9 Å². The summed E-state index contributed by atoms with van der Waals surface area (Å²) in [6, 6.07) is 10.5. The monoisotopic (exact) mass is 401 g/mol. The van der Waals surface area contributed by atoms with Crippen LogP contribution >= 0.6 is 0 Å². The molecule has 1 aromatic carbocycles. The van der Waals surface area contributed by atoms with Gasteiger partial charge in [-0.3, -0.25) is 19.4 Å². The Bertz CT molecular complexity index is 665. The van der Waals surface area contributed by atoms with Gasteiger partial charge in [-0.1, -0.05) is 18.2 Å². The Balaban J connectivity index is 1.42. The van der Waals surface area contributed by atoms with Crippen LogP contribution in [0.25, 0.3) is 0 Å². The molecule has 1 aromatic rings. The fourth-order valence-corrected chi connectivity index (χ4v) is 4.12. The summed E-state index contributed by atoms with van der Waals surface area (Å²) in [4.78, 5) is 33.7. The molecular formula is C22H35N5O2. The Hall–Kier alpha value is -2.12. The van der Waals surface area contributed by atoms with Gasteiger partial charge in [-0.25, -0.2) is 0 Å². The molecule has 7 heteroatoms. The number of nitrogens with zero attached hydrogens (tertiary/aromatic N) is 4. The number of rotatable bonds is 6. The van der Waals surface area contributed by atoms with Crippen molar-refractivity contribution in [3.8, 4) is 0 Å². The van der Waals surface area contributed by atoms with Gasteiger partial charge in [0.1, 0.15) is 0 Å². The molecule has 0 aromatic heterocycles. The van der Waals surface area contributed by atoms with Crippen molar-refractivity contribution in [1.82, 2.24) is 20.0 Å². The standard InChI is InChI=1S/C22H35N5O2/c1-18(2)23-21(28)17-24-9-11-25(12-10-24)19(3)22(29)27-15-13-26(14-16-27)20-7-5-4-6-8-20/h4-8,18-19H,9-17H2,1-3H3,(H,23,28). The van der Waals surface area contributed by atoms with E-state index in [1.807, 2.05) is 31.7 Å². The number of amides is 2. The summed E-state index contributed by atoms with van der Waals surface area (Å²) in [5.41, 5.74) is 1.23. The van der Waals surface area contributed by atoms with Crippen molar-refractivity contribution < 1.29 is 9.59 Å². The van der Waals surface area contributed by atoms with Gasteiger partial charge in [0, 0.05) is 64.1 Å². The molecule has 0 aliphatic carbocycles. The van der Waals surface area contributed by atoms with Crippen molar-refractivity contribution in [3.63, 3.8) is 0 Å². The zero-order valence-electron chi connectivity index (χ0n) is 18.0. The third-order valence-electron chi connectivity index (χ3n) is 5.84. The van der Waals surface area contributed by atoms with Crippen LogP contribution in [0.2, 0.25) is 0 Å². The molecule has 1 N–H and O–H groups in total. The van der Waals surface area contributed by atoms with E-state index in [1.54, 1.807) is 0 Å². The summed E-state index contributed by atoms with van der Waals surface area (Å²) >= 11 is 0. The molecule has 2 aliphatic rings. The van der Waals surface area contributed by atoms with Crippen LogP contribution in [0.1, 0.15) is 20.8 Å². The normalized spacial score (nSPS) is 20.0. The van der Waals surface area contributed by atoms with Crippen LogP contribution in [-0.2, 0) is 9.59 Å². The molecule has 0 radical (unpaired) electrons. The van der Waals surface area contributed by atoms with Crippen molar-refractivity contribution in [2.24, 2.45) is 0 Å². The van der Waals surface area contributed by atoms with E-state index in [2.05, 4.69) is 44.3 Å². The number of para-hydroxylation sites is 1. The first-order valence-corrected chi connectivity index (χ1v) is 10.8. The molecule has 3 rings (SSSR count). The van der Waals surface area contributed by atoms with Crippen molar-refractivity contribution >= 4 is 17.5 Å². The van der Waals surface area contributed by atoms with E-state index in [4.69, 9.17) is 0 Å². The van der Waals surface area contributed by atoms with E-state index < -0.39 is 0 Å². The van der Waals surface area contributed by atoms with E-state index in [1.165, 1.54) is 5.69 Å². The molecule has 2 fully saturated rings. The Kier molecular flexibility index (Phi) is 7.50. The highest BCUT2D eigenvalue weighted by Crippen LogP contribution is 2.17. The Labute approximate surface area is 174 Å². The van der Waals surface area contributed by atoms with E-state index in [9.17, 15) is 9.59 Å². The first-order valence-electron chi connectivity index (χ1n) is 10.8. The van der Waals surface area contributed by atoms with Crippen LogP contribution in [0, 0.1) is 0 Å². The van der Waals surface area contributed by atoms with Gasteiger partial charge in [0.15, 0.2) is 0 Å². The Morgan fingerprint density at radius 1 is 0.897 bits per heavy atom. The minimum Gasteiger partial charge on any atom is -0.368 e. The van der Waals surface area contributed by atoms with Gasteiger partial charge in [0.25, 0.3) is 0 Å². The molecule has 2 aliphatic heterocycles. The first kappa shape index (κ1) is 21.6. The molecule has 1 atom stereocenters. The highest BCUT2D eigenvalue weighted by molar-refractivity contribution is 5.82. The zero-order valence-corrected chi connectivity index (χ0v) is 18.0. The summed E-state index contributed by atoms with van der Waals surface area (Å²) < 4.78 is 0. The molecule has 2 amide bonds. The zero-order chi connectivity index (χ0) is 20.8.